The summed E-state index contributed by atoms with van der Waals surface area (Å²) < 4.78 is 3.14. The minimum absolute atomic E-state index is 0.242. The highest BCUT2D eigenvalue weighted by Crippen LogP contribution is 2.32. The van der Waals surface area contributed by atoms with Gasteiger partial charge in [-0.05, 0) is 40.4 Å². The first-order chi connectivity index (χ1) is 8.81. The molecule has 4 heteroatoms. The van der Waals surface area contributed by atoms with Crippen molar-refractivity contribution >= 4 is 15.9 Å². The number of aryl methyl sites for hydroxylation is 1. The van der Waals surface area contributed by atoms with Crippen molar-refractivity contribution in [1.82, 2.24) is 15.1 Å². The molecule has 0 amide bonds. The summed E-state index contributed by atoms with van der Waals surface area (Å²) in [6, 6.07) is 8.91. The van der Waals surface area contributed by atoms with Gasteiger partial charge in [0.2, 0.25) is 0 Å². The lowest BCUT2D eigenvalue weighted by Gasteiger charge is -2.27. The van der Waals surface area contributed by atoms with Crippen LogP contribution in [0.1, 0.15) is 29.8 Å². The van der Waals surface area contributed by atoms with E-state index in [1.165, 1.54) is 16.8 Å². The van der Waals surface area contributed by atoms with Crippen molar-refractivity contribution in [3.8, 4) is 0 Å². The lowest BCUT2D eigenvalue weighted by Crippen LogP contribution is -2.32. The molecule has 0 spiro atoms. The molecule has 1 N–H and O–H groups in total. The van der Waals surface area contributed by atoms with E-state index in [0.717, 1.165) is 24.0 Å². The van der Waals surface area contributed by atoms with Crippen molar-refractivity contribution in [2.24, 2.45) is 0 Å². The fourth-order valence-corrected chi connectivity index (χ4v) is 3.18. The molecule has 94 valence electrons. The predicted molar refractivity (Wildman–Crippen MR) is 75.6 cm³/mol. The van der Waals surface area contributed by atoms with E-state index in [0.29, 0.717) is 0 Å². The highest BCUT2D eigenvalue weighted by atomic mass is 79.9. The smallest absolute Gasteiger partial charge is 0.0762 e. The first-order valence-corrected chi connectivity index (χ1v) is 7.13. The van der Waals surface area contributed by atoms with Gasteiger partial charge in [-0.15, -0.1) is 0 Å². The van der Waals surface area contributed by atoms with Gasteiger partial charge >= 0.3 is 0 Å². The topological polar surface area (TPSA) is 29.9 Å². The Hall–Kier alpha value is -1.13. The van der Waals surface area contributed by atoms with E-state index in [2.05, 4.69) is 62.2 Å². The van der Waals surface area contributed by atoms with Gasteiger partial charge < -0.3 is 5.32 Å². The molecule has 1 unspecified atom stereocenters. The standard InChI is InChI=1S/C14H16BrN3/c1-2-18-14(12(15)9-17-18)13-11-6-4-3-5-10(11)7-8-16-13/h3-6,9,13,16H,2,7-8H2,1H3. The van der Waals surface area contributed by atoms with Crippen LogP contribution in [0.25, 0.3) is 0 Å². The number of hydrogen-bond acceptors (Lipinski definition) is 2. The zero-order valence-corrected chi connectivity index (χ0v) is 11.9. The fourth-order valence-electron chi connectivity index (χ4n) is 2.66. The van der Waals surface area contributed by atoms with E-state index >= 15 is 0 Å². The van der Waals surface area contributed by atoms with E-state index in [1.807, 2.05) is 6.20 Å². The Kier molecular flexibility index (Phi) is 3.22. The third-order valence-electron chi connectivity index (χ3n) is 3.52. The van der Waals surface area contributed by atoms with E-state index in [1.54, 1.807) is 0 Å². The highest BCUT2D eigenvalue weighted by molar-refractivity contribution is 9.10. The van der Waals surface area contributed by atoms with Crippen LogP contribution >= 0.6 is 15.9 Å². The highest BCUT2D eigenvalue weighted by Gasteiger charge is 2.25. The summed E-state index contributed by atoms with van der Waals surface area (Å²) >= 11 is 3.62. The quantitative estimate of drug-likeness (QED) is 0.924. The molecule has 0 radical (unpaired) electrons. The lowest BCUT2D eigenvalue weighted by molar-refractivity contribution is 0.509. The lowest BCUT2D eigenvalue weighted by atomic mass is 9.92. The third-order valence-corrected chi connectivity index (χ3v) is 4.13. The van der Waals surface area contributed by atoms with Gasteiger partial charge in [0.05, 0.1) is 22.4 Å². The molecule has 1 aromatic heterocycles. The van der Waals surface area contributed by atoms with Crippen LogP contribution in [0.5, 0.6) is 0 Å². The number of rotatable bonds is 2. The van der Waals surface area contributed by atoms with Crippen molar-refractivity contribution in [1.29, 1.82) is 0 Å². The van der Waals surface area contributed by atoms with Gasteiger partial charge in [-0.1, -0.05) is 24.3 Å². The minimum Gasteiger partial charge on any atom is -0.305 e. The van der Waals surface area contributed by atoms with Crippen LogP contribution in [-0.4, -0.2) is 16.3 Å². The molecule has 0 bridgehead atoms. The number of fused-ring (bicyclic) bond motifs is 1. The Labute approximate surface area is 115 Å². The molecule has 0 saturated carbocycles. The van der Waals surface area contributed by atoms with E-state index in [9.17, 15) is 0 Å². The van der Waals surface area contributed by atoms with Gasteiger partial charge in [-0.25, -0.2) is 0 Å². The number of aromatic nitrogens is 2. The Morgan fingerprint density at radius 1 is 1.44 bits per heavy atom. The van der Waals surface area contributed by atoms with Gasteiger partial charge in [-0.3, -0.25) is 4.68 Å². The molecule has 3 rings (SSSR count). The molecule has 1 aliphatic heterocycles. The van der Waals surface area contributed by atoms with Gasteiger partial charge in [0.15, 0.2) is 0 Å². The summed E-state index contributed by atoms with van der Waals surface area (Å²) in [6.07, 6.45) is 2.99. The number of nitrogens with one attached hydrogen (secondary N) is 1. The maximum absolute atomic E-state index is 4.41. The number of hydrogen-bond donors (Lipinski definition) is 1. The van der Waals surface area contributed by atoms with Crippen LogP contribution < -0.4 is 5.32 Å². The second-order valence-electron chi connectivity index (χ2n) is 4.53. The Morgan fingerprint density at radius 2 is 2.28 bits per heavy atom. The second-order valence-corrected chi connectivity index (χ2v) is 5.38. The first kappa shape index (κ1) is 11.9. The molecule has 1 atom stereocenters. The Morgan fingerprint density at radius 3 is 3.11 bits per heavy atom. The van der Waals surface area contributed by atoms with Crippen molar-refractivity contribution < 1.29 is 0 Å². The first-order valence-electron chi connectivity index (χ1n) is 6.33. The molecule has 1 aliphatic rings. The Bertz CT molecular complexity index is 562. The van der Waals surface area contributed by atoms with Crippen molar-refractivity contribution in [2.75, 3.05) is 6.54 Å². The maximum atomic E-state index is 4.41. The van der Waals surface area contributed by atoms with Crippen molar-refractivity contribution in [2.45, 2.75) is 25.9 Å². The summed E-state index contributed by atoms with van der Waals surface area (Å²) in [5, 5.41) is 8.01. The summed E-state index contributed by atoms with van der Waals surface area (Å²) in [5.41, 5.74) is 4.04. The zero-order valence-electron chi connectivity index (χ0n) is 10.4. The second kappa shape index (κ2) is 4.86. The van der Waals surface area contributed by atoms with E-state index < -0.39 is 0 Å². The molecule has 0 fully saturated rings. The SMILES string of the molecule is CCn1ncc(Br)c1C1NCCc2ccccc21. The van der Waals surface area contributed by atoms with Crippen LogP contribution in [0, 0.1) is 0 Å². The van der Waals surface area contributed by atoms with Crippen LogP contribution in [0.2, 0.25) is 0 Å². The van der Waals surface area contributed by atoms with Crippen LogP contribution in [0.15, 0.2) is 34.9 Å². The molecule has 2 heterocycles. The summed E-state index contributed by atoms with van der Waals surface area (Å²) in [4.78, 5) is 0. The molecule has 2 aromatic rings. The monoisotopic (exact) mass is 305 g/mol. The van der Waals surface area contributed by atoms with Crippen molar-refractivity contribution in [3.63, 3.8) is 0 Å². The number of nitrogens with zero attached hydrogens (tertiary/aromatic N) is 2. The van der Waals surface area contributed by atoms with Gasteiger partial charge in [-0.2, -0.15) is 5.10 Å². The molecule has 0 saturated heterocycles. The van der Waals surface area contributed by atoms with Gasteiger partial charge in [0.1, 0.15) is 0 Å². The molecule has 18 heavy (non-hydrogen) atoms. The molecule has 3 nitrogen and oxygen atoms in total. The molecule has 0 aliphatic carbocycles. The van der Waals surface area contributed by atoms with E-state index in [-0.39, 0.29) is 6.04 Å². The fraction of sp³-hybridized carbons (Fsp3) is 0.357. The van der Waals surface area contributed by atoms with Gasteiger partial charge in [0.25, 0.3) is 0 Å². The predicted octanol–water partition coefficient (Wildman–Crippen LogP) is 2.90. The molecular weight excluding hydrogens is 290 g/mol. The van der Waals surface area contributed by atoms with Crippen molar-refractivity contribution in [3.05, 3.63) is 51.8 Å². The molecular formula is C14H16BrN3. The minimum atomic E-state index is 0.242. The number of benzene rings is 1. The van der Waals surface area contributed by atoms with Crippen LogP contribution in [0.4, 0.5) is 0 Å². The van der Waals surface area contributed by atoms with E-state index in [4.69, 9.17) is 0 Å². The number of halogens is 1. The summed E-state index contributed by atoms with van der Waals surface area (Å²) in [6.45, 7) is 4.03. The van der Waals surface area contributed by atoms with Crippen LogP contribution in [0.3, 0.4) is 0 Å². The Balaban J connectivity index is 2.11. The zero-order chi connectivity index (χ0) is 12.5. The normalized spacial score (nSPS) is 18.7. The van der Waals surface area contributed by atoms with Gasteiger partial charge in [0, 0.05) is 13.1 Å². The molecule has 1 aromatic carbocycles. The third kappa shape index (κ3) is 1.89. The average molecular weight is 306 g/mol. The summed E-state index contributed by atoms with van der Waals surface area (Å²) in [7, 11) is 0. The average Bonchev–Trinajstić information content (AvgIpc) is 2.79. The largest absolute Gasteiger partial charge is 0.305 e. The van der Waals surface area contributed by atoms with Crippen LogP contribution in [-0.2, 0) is 13.0 Å². The maximum Gasteiger partial charge on any atom is 0.0762 e. The summed E-state index contributed by atoms with van der Waals surface area (Å²) in [5.74, 6) is 0.